The highest BCUT2D eigenvalue weighted by Gasteiger charge is 2.21. The van der Waals surface area contributed by atoms with Crippen LogP contribution in [0.5, 0.6) is 0 Å². The number of carbonyl (C=O) groups excluding carboxylic acids is 1. The van der Waals surface area contributed by atoms with Crippen molar-refractivity contribution in [2.45, 2.75) is 31.7 Å². The minimum atomic E-state index is 0.529. The van der Waals surface area contributed by atoms with E-state index in [9.17, 15) is 4.79 Å². The van der Waals surface area contributed by atoms with Crippen molar-refractivity contribution in [3.63, 3.8) is 0 Å². The molecule has 3 rings (SSSR count). The Morgan fingerprint density at radius 3 is 3.05 bits per heavy atom. The lowest BCUT2D eigenvalue weighted by atomic mass is 10.00. The van der Waals surface area contributed by atoms with Crippen LogP contribution in [0.25, 0.3) is 5.65 Å². The van der Waals surface area contributed by atoms with Gasteiger partial charge in [-0.3, -0.25) is 9.20 Å². The molecule has 1 atom stereocenters. The zero-order valence-electron chi connectivity index (χ0n) is 11.1. The number of nitrogens with zero attached hydrogens (tertiary/aromatic N) is 4. The number of rotatable bonds is 3. The second-order valence-electron chi connectivity index (χ2n) is 5.26. The number of hydrogen-bond donors (Lipinski definition) is 0. The Morgan fingerprint density at radius 2 is 2.26 bits per heavy atom. The second kappa shape index (κ2) is 5.09. The Labute approximate surface area is 112 Å². The average Bonchev–Trinajstić information content (AvgIpc) is 2.84. The van der Waals surface area contributed by atoms with E-state index in [0.29, 0.717) is 11.6 Å². The van der Waals surface area contributed by atoms with Gasteiger partial charge in [0.25, 0.3) is 0 Å². The molecule has 0 radical (unpaired) electrons. The van der Waals surface area contributed by atoms with Crippen molar-refractivity contribution >= 4 is 11.9 Å². The minimum absolute atomic E-state index is 0.529. The Morgan fingerprint density at radius 1 is 1.37 bits per heavy atom. The van der Waals surface area contributed by atoms with Gasteiger partial charge in [-0.25, -0.2) is 0 Å². The lowest BCUT2D eigenvalue weighted by Crippen LogP contribution is -2.38. The summed E-state index contributed by atoms with van der Waals surface area (Å²) >= 11 is 0. The van der Waals surface area contributed by atoms with Gasteiger partial charge in [0.1, 0.15) is 5.82 Å². The molecule has 5 heteroatoms. The molecule has 0 bridgehead atoms. The van der Waals surface area contributed by atoms with E-state index in [0.717, 1.165) is 30.7 Å². The summed E-state index contributed by atoms with van der Waals surface area (Å²) in [4.78, 5) is 13.3. The fraction of sp³-hybridized carbons (Fsp3) is 0.500. The molecule has 0 aromatic carbocycles. The molecule has 2 aromatic heterocycles. The first kappa shape index (κ1) is 12.3. The summed E-state index contributed by atoms with van der Waals surface area (Å²) in [7, 11) is 2.17. The number of aromatic nitrogens is 3. The third kappa shape index (κ3) is 2.38. The van der Waals surface area contributed by atoms with E-state index in [2.05, 4.69) is 22.1 Å². The van der Waals surface area contributed by atoms with E-state index >= 15 is 0 Å². The SMILES string of the molecule is CN1CCCCC1Cc1nnc2ccc(C=O)cn12. The number of piperidine rings is 1. The maximum Gasteiger partial charge on any atom is 0.160 e. The van der Waals surface area contributed by atoms with E-state index in [1.54, 1.807) is 6.07 Å². The number of hydrogen-bond acceptors (Lipinski definition) is 4. The van der Waals surface area contributed by atoms with Crippen LogP contribution in [-0.4, -0.2) is 45.4 Å². The fourth-order valence-electron chi connectivity index (χ4n) is 2.78. The Hall–Kier alpha value is -1.75. The molecular weight excluding hydrogens is 240 g/mol. The molecule has 1 aliphatic rings. The molecule has 1 saturated heterocycles. The predicted octanol–water partition coefficient (Wildman–Crippen LogP) is 1.57. The summed E-state index contributed by atoms with van der Waals surface area (Å²) in [5, 5.41) is 8.43. The van der Waals surface area contributed by atoms with Gasteiger partial charge in [-0.1, -0.05) is 6.42 Å². The molecule has 3 heterocycles. The van der Waals surface area contributed by atoms with E-state index < -0.39 is 0 Å². The molecule has 2 aromatic rings. The maximum atomic E-state index is 10.9. The van der Waals surface area contributed by atoms with Gasteiger partial charge in [0, 0.05) is 24.2 Å². The molecule has 0 aliphatic carbocycles. The highest BCUT2D eigenvalue weighted by molar-refractivity contribution is 5.74. The Balaban J connectivity index is 1.89. The monoisotopic (exact) mass is 258 g/mol. The van der Waals surface area contributed by atoms with Crippen LogP contribution < -0.4 is 0 Å². The van der Waals surface area contributed by atoms with E-state index in [-0.39, 0.29) is 0 Å². The maximum absolute atomic E-state index is 10.9. The molecular formula is C14H18N4O. The van der Waals surface area contributed by atoms with Gasteiger partial charge in [-0.15, -0.1) is 10.2 Å². The summed E-state index contributed by atoms with van der Waals surface area (Å²) < 4.78 is 1.94. The first-order chi connectivity index (χ1) is 9.28. The van der Waals surface area contributed by atoms with Crippen LogP contribution in [0.2, 0.25) is 0 Å². The normalized spacial score (nSPS) is 20.8. The highest BCUT2D eigenvalue weighted by Crippen LogP contribution is 2.19. The molecule has 0 saturated carbocycles. The summed E-state index contributed by atoms with van der Waals surface area (Å²) in [5.74, 6) is 0.942. The lowest BCUT2D eigenvalue weighted by molar-refractivity contribution is 0.112. The molecule has 0 amide bonds. The van der Waals surface area contributed by atoms with Crippen LogP contribution >= 0.6 is 0 Å². The van der Waals surface area contributed by atoms with E-state index in [4.69, 9.17) is 0 Å². The highest BCUT2D eigenvalue weighted by atomic mass is 16.1. The summed E-state index contributed by atoms with van der Waals surface area (Å²) in [6.45, 7) is 1.15. The number of likely N-dealkylation sites (N-methyl/N-ethyl adjacent to an activating group) is 1. The molecule has 5 nitrogen and oxygen atoms in total. The number of carbonyl (C=O) groups is 1. The predicted molar refractivity (Wildman–Crippen MR) is 72.3 cm³/mol. The smallest absolute Gasteiger partial charge is 0.160 e. The van der Waals surface area contributed by atoms with Crippen molar-refractivity contribution in [3.05, 3.63) is 29.7 Å². The first-order valence-corrected chi connectivity index (χ1v) is 6.77. The van der Waals surface area contributed by atoms with Crippen LogP contribution in [-0.2, 0) is 6.42 Å². The van der Waals surface area contributed by atoms with Crippen molar-refractivity contribution in [2.24, 2.45) is 0 Å². The first-order valence-electron chi connectivity index (χ1n) is 6.77. The van der Waals surface area contributed by atoms with Gasteiger partial charge in [-0.2, -0.15) is 0 Å². The third-order valence-corrected chi connectivity index (χ3v) is 3.97. The van der Waals surface area contributed by atoms with Gasteiger partial charge in [0.05, 0.1) is 0 Å². The van der Waals surface area contributed by atoms with Crippen molar-refractivity contribution in [1.82, 2.24) is 19.5 Å². The molecule has 1 unspecified atom stereocenters. The number of likely N-dealkylation sites (tertiary alicyclic amines) is 1. The Bertz CT molecular complexity index is 592. The average molecular weight is 258 g/mol. The quantitative estimate of drug-likeness (QED) is 0.784. The van der Waals surface area contributed by atoms with E-state index in [1.165, 1.54) is 19.3 Å². The molecule has 19 heavy (non-hydrogen) atoms. The zero-order chi connectivity index (χ0) is 13.2. The van der Waals surface area contributed by atoms with Gasteiger partial charge in [0.2, 0.25) is 0 Å². The molecule has 100 valence electrons. The summed E-state index contributed by atoms with van der Waals surface area (Å²) in [5.41, 5.74) is 1.46. The van der Waals surface area contributed by atoms with Gasteiger partial charge in [-0.05, 0) is 38.6 Å². The summed E-state index contributed by atoms with van der Waals surface area (Å²) in [6, 6.07) is 4.14. The number of pyridine rings is 1. The van der Waals surface area contributed by atoms with Crippen molar-refractivity contribution in [3.8, 4) is 0 Å². The fourth-order valence-corrected chi connectivity index (χ4v) is 2.78. The Kier molecular flexibility index (Phi) is 3.29. The number of aldehydes is 1. The standard InChI is InChI=1S/C14H18N4O/c1-17-7-3-2-4-12(17)8-14-16-15-13-6-5-11(10-19)9-18(13)14/h5-6,9-10,12H,2-4,7-8H2,1H3. The lowest BCUT2D eigenvalue weighted by Gasteiger charge is -2.31. The molecule has 1 aliphatic heterocycles. The molecule has 1 fully saturated rings. The zero-order valence-corrected chi connectivity index (χ0v) is 11.1. The van der Waals surface area contributed by atoms with Crippen molar-refractivity contribution < 1.29 is 4.79 Å². The molecule has 0 spiro atoms. The topological polar surface area (TPSA) is 50.5 Å². The summed E-state index contributed by atoms with van der Waals surface area (Å²) in [6.07, 6.45) is 7.34. The van der Waals surface area contributed by atoms with Crippen LogP contribution in [0, 0.1) is 0 Å². The van der Waals surface area contributed by atoms with Crippen molar-refractivity contribution in [1.29, 1.82) is 0 Å². The van der Waals surface area contributed by atoms with Crippen LogP contribution in [0.15, 0.2) is 18.3 Å². The largest absolute Gasteiger partial charge is 0.303 e. The van der Waals surface area contributed by atoms with Crippen molar-refractivity contribution in [2.75, 3.05) is 13.6 Å². The van der Waals surface area contributed by atoms with E-state index in [1.807, 2.05) is 16.7 Å². The number of fused-ring (bicyclic) bond motifs is 1. The molecule has 0 N–H and O–H groups in total. The second-order valence-corrected chi connectivity index (χ2v) is 5.26. The minimum Gasteiger partial charge on any atom is -0.303 e. The van der Waals surface area contributed by atoms with Crippen LogP contribution in [0.4, 0.5) is 0 Å². The van der Waals surface area contributed by atoms with Crippen LogP contribution in [0.1, 0.15) is 35.4 Å². The third-order valence-electron chi connectivity index (χ3n) is 3.97. The van der Waals surface area contributed by atoms with Gasteiger partial charge < -0.3 is 4.90 Å². The van der Waals surface area contributed by atoms with Gasteiger partial charge >= 0.3 is 0 Å². The van der Waals surface area contributed by atoms with Gasteiger partial charge in [0.15, 0.2) is 11.9 Å². The van der Waals surface area contributed by atoms with Crippen LogP contribution in [0.3, 0.4) is 0 Å².